The smallest absolute Gasteiger partial charge is 0.237 e. The van der Waals surface area contributed by atoms with Gasteiger partial charge in [-0.15, -0.1) is 11.8 Å². The largest absolute Gasteiger partial charge is 0.326 e. The van der Waals surface area contributed by atoms with E-state index in [9.17, 15) is 9.59 Å². The van der Waals surface area contributed by atoms with Gasteiger partial charge in [-0.25, -0.2) is 0 Å². The van der Waals surface area contributed by atoms with Crippen LogP contribution in [0.1, 0.15) is 51.7 Å². The molecule has 0 spiro atoms. The highest BCUT2D eigenvalue weighted by Gasteiger charge is 2.20. The molecule has 1 unspecified atom stereocenters. The highest BCUT2D eigenvalue weighted by atomic mass is 32.2. The summed E-state index contributed by atoms with van der Waals surface area (Å²) in [6, 6.07) is 13.7. The van der Waals surface area contributed by atoms with Crippen molar-refractivity contribution in [2.24, 2.45) is 5.41 Å². The summed E-state index contributed by atoms with van der Waals surface area (Å²) < 4.78 is 0. The van der Waals surface area contributed by atoms with Crippen LogP contribution in [-0.4, -0.2) is 17.1 Å². The van der Waals surface area contributed by atoms with Crippen molar-refractivity contribution in [1.29, 1.82) is 0 Å². The van der Waals surface area contributed by atoms with Gasteiger partial charge in [-0.05, 0) is 61.1 Å². The molecule has 29 heavy (non-hydrogen) atoms. The maximum atomic E-state index is 12.8. The van der Waals surface area contributed by atoms with Gasteiger partial charge in [-0.2, -0.15) is 0 Å². The molecule has 2 aromatic carbocycles. The quantitative estimate of drug-likeness (QED) is 0.533. The summed E-state index contributed by atoms with van der Waals surface area (Å²) in [6.07, 6.45) is 1.17. The maximum Gasteiger partial charge on any atom is 0.237 e. The van der Waals surface area contributed by atoms with E-state index in [4.69, 9.17) is 0 Å². The van der Waals surface area contributed by atoms with Crippen LogP contribution in [0.25, 0.3) is 0 Å². The zero-order valence-electron chi connectivity index (χ0n) is 18.3. The Balaban J connectivity index is 2.05. The van der Waals surface area contributed by atoms with E-state index < -0.39 is 0 Å². The third kappa shape index (κ3) is 7.58. The van der Waals surface area contributed by atoms with Gasteiger partial charge < -0.3 is 10.6 Å². The number of nitrogens with one attached hydrogen (secondary N) is 2. The van der Waals surface area contributed by atoms with Gasteiger partial charge in [-0.3, -0.25) is 9.59 Å². The number of rotatable bonds is 7. The second-order valence-electron chi connectivity index (χ2n) is 8.64. The van der Waals surface area contributed by atoms with E-state index in [1.54, 1.807) is 0 Å². The Hall–Kier alpha value is -2.27. The van der Waals surface area contributed by atoms with Gasteiger partial charge in [0.2, 0.25) is 11.8 Å². The lowest BCUT2D eigenvalue weighted by atomic mass is 9.92. The second kappa shape index (κ2) is 9.97. The third-order valence-electron chi connectivity index (χ3n) is 4.40. The van der Waals surface area contributed by atoms with Crippen molar-refractivity contribution in [3.8, 4) is 0 Å². The molecule has 0 fully saturated rings. The molecular formula is C24H32N2O2S. The molecule has 5 heteroatoms. The van der Waals surface area contributed by atoms with Crippen molar-refractivity contribution in [3.05, 3.63) is 53.6 Å². The molecule has 0 bridgehead atoms. The summed E-state index contributed by atoms with van der Waals surface area (Å²) >= 11 is 1.52. The molecule has 2 amide bonds. The predicted octanol–water partition coefficient (Wildman–Crippen LogP) is 6.19. The highest BCUT2D eigenvalue weighted by Crippen LogP contribution is 2.29. The highest BCUT2D eigenvalue weighted by molar-refractivity contribution is 8.00. The molecule has 2 N–H and O–H groups in total. The Bertz CT molecular complexity index is 871. The molecule has 0 aliphatic heterocycles. The fourth-order valence-electron chi connectivity index (χ4n) is 2.90. The van der Waals surface area contributed by atoms with E-state index in [-0.39, 0.29) is 22.5 Å². The first-order chi connectivity index (χ1) is 13.6. The van der Waals surface area contributed by atoms with Crippen LogP contribution in [0.5, 0.6) is 0 Å². The number of thioether (sulfide) groups is 1. The topological polar surface area (TPSA) is 58.2 Å². The van der Waals surface area contributed by atoms with Crippen molar-refractivity contribution in [2.75, 3.05) is 10.6 Å². The minimum Gasteiger partial charge on any atom is -0.326 e. The lowest BCUT2D eigenvalue weighted by Crippen LogP contribution is -2.25. The van der Waals surface area contributed by atoms with E-state index in [2.05, 4.69) is 10.6 Å². The summed E-state index contributed by atoms with van der Waals surface area (Å²) in [6.45, 7) is 12.1. The van der Waals surface area contributed by atoms with Crippen LogP contribution in [-0.2, 0) is 9.59 Å². The predicted molar refractivity (Wildman–Crippen MR) is 124 cm³/mol. The zero-order valence-corrected chi connectivity index (χ0v) is 19.1. The van der Waals surface area contributed by atoms with Crippen LogP contribution in [0.3, 0.4) is 0 Å². The molecule has 0 saturated heterocycles. The van der Waals surface area contributed by atoms with E-state index >= 15 is 0 Å². The number of aryl methyl sites for hydroxylation is 2. The Labute approximate surface area is 178 Å². The van der Waals surface area contributed by atoms with Crippen molar-refractivity contribution in [2.45, 2.75) is 64.5 Å². The first-order valence-electron chi connectivity index (χ1n) is 10.0. The molecule has 0 saturated carbocycles. The van der Waals surface area contributed by atoms with Crippen LogP contribution >= 0.6 is 11.8 Å². The first-order valence-corrected chi connectivity index (χ1v) is 10.9. The van der Waals surface area contributed by atoms with Crippen molar-refractivity contribution < 1.29 is 9.59 Å². The molecule has 0 aromatic heterocycles. The molecule has 0 aliphatic carbocycles. The normalized spacial score (nSPS) is 12.3. The van der Waals surface area contributed by atoms with Gasteiger partial charge in [0.15, 0.2) is 0 Å². The minimum absolute atomic E-state index is 0.000595. The van der Waals surface area contributed by atoms with Crippen LogP contribution in [0.2, 0.25) is 0 Å². The van der Waals surface area contributed by atoms with E-state index in [0.717, 1.165) is 27.4 Å². The van der Waals surface area contributed by atoms with Crippen LogP contribution in [0.15, 0.2) is 47.4 Å². The Morgan fingerprint density at radius 1 is 1.03 bits per heavy atom. The SMILES string of the molecule is CCC(Sc1cccc(NC(=O)CC(C)(C)C)c1)C(=O)Nc1cc(C)ccc1C. The number of benzene rings is 2. The van der Waals surface area contributed by atoms with Crippen LogP contribution < -0.4 is 10.6 Å². The zero-order chi connectivity index (χ0) is 21.6. The van der Waals surface area contributed by atoms with Gasteiger partial charge >= 0.3 is 0 Å². The molecule has 0 aliphatic rings. The Morgan fingerprint density at radius 2 is 1.76 bits per heavy atom. The summed E-state index contributed by atoms with van der Waals surface area (Å²) in [5.74, 6) is -0.00673. The van der Waals surface area contributed by atoms with E-state index in [1.165, 1.54) is 11.8 Å². The second-order valence-corrected chi connectivity index (χ2v) is 9.91. The summed E-state index contributed by atoms with van der Waals surface area (Å²) in [5.41, 5.74) is 3.72. The molecule has 156 valence electrons. The molecular weight excluding hydrogens is 380 g/mol. The van der Waals surface area contributed by atoms with Crippen molar-refractivity contribution >= 4 is 35.0 Å². The van der Waals surface area contributed by atoms with Crippen molar-refractivity contribution in [3.63, 3.8) is 0 Å². The third-order valence-corrected chi connectivity index (χ3v) is 5.76. The summed E-state index contributed by atoms with van der Waals surface area (Å²) in [4.78, 5) is 26.0. The molecule has 1 atom stereocenters. The minimum atomic E-state index is -0.213. The maximum absolute atomic E-state index is 12.8. The van der Waals surface area contributed by atoms with Gasteiger partial charge in [0.05, 0.1) is 5.25 Å². The van der Waals surface area contributed by atoms with Gasteiger partial charge in [0.25, 0.3) is 0 Å². The average Bonchev–Trinajstić information content (AvgIpc) is 2.61. The number of carbonyl (C=O) groups excluding carboxylic acids is 2. The number of anilines is 2. The van der Waals surface area contributed by atoms with Crippen molar-refractivity contribution in [1.82, 2.24) is 0 Å². The Kier molecular flexibility index (Phi) is 7.91. The van der Waals surface area contributed by atoms with Gasteiger partial charge in [0, 0.05) is 22.7 Å². The van der Waals surface area contributed by atoms with Crippen LogP contribution in [0, 0.1) is 19.3 Å². The number of amides is 2. The molecule has 0 heterocycles. The standard InChI is InChI=1S/C24H32N2O2S/c1-7-21(23(28)26-20-13-16(2)11-12-17(20)3)29-19-10-8-9-18(14-19)25-22(27)15-24(4,5)6/h8-14,21H,7,15H2,1-6H3,(H,25,27)(H,26,28). The van der Waals surface area contributed by atoms with Crippen LogP contribution in [0.4, 0.5) is 11.4 Å². The Morgan fingerprint density at radius 3 is 2.41 bits per heavy atom. The average molecular weight is 413 g/mol. The lowest BCUT2D eigenvalue weighted by molar-refractivity contribution is -0.118. The van der Waals surface area contributed by atoms with Gasteiger partial charge in [0.1, 0.15) is 0 Å². The number of carbonyl (C=O) groups is 2. The number of hydrogen-bond acceptors (Lipinski definition) is 3. The van der Waals surface area contributed by atoms with Gasteiger partial charge in [-0.1, -0.05) is 45.9 Å². The fraction of sp³-hybridized carbons (Fsp3) is 0.417. The molecule has 2 rings (SSSR count). The summed E-state index contributed by atoms with van der Waals surface area (Å²) in [5, 5.41) is 5.81. The lowest BCUT2D eigenvalue weighted by Gasteiger charge is -2.18. The fourth-order valence-corrected chi connectivity index (χ4v) is 3.92. The summed E-state index contributed by atoms with van der Waals surface area (Å²) in [7, 11) is 0. The van der Waals surface area contributed by atoms with E-state index in [0.29, 0.717) is 12.8 Å². The molecule has 0 radical (unpaired) electrons. The molecule has 2 aromatic rings. The number of hydrogen-bond donors (Lipinski definition) is 2. The van der Waals surface area contributed by atoms with E-state index in [1.807, 2.05) is 84.0 Å². The monoisotopic (exact) mass is 412 g/mol. The first kappa shape index (κ1) is 23.0. The molecule has 4 nitrogen and oxygen atoms in total.